The van der Waals surface area contributed by atoms with Crippen LogP contribution >= 0.6 is 0 Å². The van der Waals surface area contributed by atoms with E-state index in [2.05, 4.69) is 5.10 Å². The molecule has 1 aliphatic rings. The number of aryl methyl sites for hydroxylation is 1. The lowest BCUT2D eigenvalue weighted by molar-refractivity contribution is 0.103. The van der Waals surface area contributed by atoms with Crippen LogP contribution in [0.5, 0.6) is 0 Å². The lowest BCUT2D eigenvalue weighted by Gasteiger charge is -2.03. The summed E-state index contributed by atoms with van der Waals surface area (Å²) >= 11 is 0. The summed E-state index contributed by atoms with van der Waals surface area (Å²) in [5.41, 5.74) is 8.16. The van der Waals surface area contributed by atoms with Crippen molar-refractivity contribution in [2.45, 2.75) is 19.4 Å². The van der Waals surface area contributed by atoms with Crippen molar-refractivity contribution in [2.24, 2.45) is 0 Å². The number of hydrogen-bond donors (Lipinski definition) is 1. The SMILES string of the molecule is Nc1cc2n(n1)CCCC(C(=O)c1ccccc1)=C2. The van der Waals surface area contributed by atoms with Crippen molar-refractivity contribution in [3.63, 3.8) is 0 Å². The third kappa shape index (κ3) is 2.29. The number of carbonyl (C=O) groups is 1. The van der Waals surface area contributed by atoms with Crippen molar-refractivity contribution in [3.8, 4) is 0 Å². The Labute approximate surface area is 111 Å². The Hall–Kier alpha value is -2.36. The molecule has 4 nitrogen and oxygen atoms in total. The molecular formula is C15H15N3O. The molecule has 0 radical (unpaired) electrons. The number of allylic oxidation sites excluding steroid dienone is 1. The van der Waals surface area contributed by atoms with E-state index in [1.165, 1.54) is 0 Å². The number of anilines is 1. The van der Waals surface area contributed by atoms with Crippen molar-refractivity contribution in [2.75, 3.05) is 5.73 Å². The number of nitrogen functional groups attached to an aromatic ring is 1. The normalized spacial score (nSPS) is 14.4. The largest absolute Gasteiger partial charge is 0.382 e. The second kappa shape index (κ2) is 4.72. The van der Waals surface area contributed by atoms with Crippen LogP contribution in [0.3, 0.4) is 0 Å². The smallest absolute Gasteiger partial charge is 0.189 e. The minimum Gasteiger partial charge on any atom is -0.382 e. The molecule has 1 aromatic carbocycles. The first-order valence-electron chi connectivity index (χ1n) is 6.38. The number of nitrogens with two attached hydrogens (primary N) is 1. The Morgan fingerprint density at radius 3 is 2.84 bits per heavy atom. The molecule has 0 amide bonds. The summed E-state index contributed by atoms with van der Waals surface area (Å²) in [5, 5.41) is 4.22. The van der Waals surface area contributed by atoms with Gasteiger partial charge in [-0.05, 0) is 18.9 Å². The fourth-order valence-electron chi connectivity index (χ4n) is 2.37. The third-order valence-electron chi connectivity index (χ3n) is 3.30. The summed E-state index contributed by atoms with van der Waals surface area (Å²) in [6, 6.07) is 11.2. The lowest BCUT2D eigenvalue weighted by atomic mass is 9.99. The van der Waals surface area contributed by atoms with E-state index in [-0.39, 0.29) is 5.78 Å². The van der Waals surface area contributed by atoms with Crippen molar-refractivity contribution >= 4 is 17.7 Å². The van der Waals surface area contributed by atoms with E-state index in [0.29, 0.717) is 5.82 Å². The van der Waals surface area contributed by atoms with E-state index < -0.39 is 0 Å². The van der Waals surface area contributed by atoms with Gasteiger partial charge < -0.3 is 5.73 Å². The fourth-order valence-corrected chi connectivity index (χ4v) is 2.37. The first kappa shape index (κ1) is 11.7. The number of fused-ring (bicyclic) bond motifs is 1. The molecule has 0 spiro atoms. The zero-order chi connectivity index (χ0) is 13.2. The first-order valence-corrected chi connectivity index (χ1v) is 6.38. The van der Waals surface area contributed by atoms with Gasteiger partial charge >= 0.3 is 0 Å². The lowest BCUT2D eigenvalue weighted by Crippen LogP contribution is -2.03. The molecule has 0 saturated carbocycles. The average Bonchev–Trinajstić information content (AvgIpc) is 2.66. The van der Waals surface area contributed by atoms with E-state index >= 15 is 0 Å². The van der Waals surface area contributed by atoms with Crippen LogP contribution in [0.1, 0.15) is 28.9 Å². The van der Waals surface area contributed by atoms with E-state index in [4.69, 9.17) is 5.73 Å². The molecular weight excluding hydrogens is 238 g/mol. The van der Waals surface area contributed by atoms with Crippen LogP contribution in [0.15, 0.2) is 42.0 Å². The highest BCUT2D eigenvalue weighted by molar-refractivity contribution is 6.11. The van der Waals surface area contributed by atoms with Gasteiger partial charge in [-0.15, -0.1) is 0 Å². The van der Waals surface area contributed by atoms with Crippen LogP contribution in [0.4, 0.5) is 5.82 Å². The standard InChI is InChI=1S/C15H15N3O/c16-14-10-13-9-12(7-4-8-18(13)17-14)15(19)11-5-2-1-3-6-11/h1-3,5-6,9-10H,4,7-8H2,(H2,16,17). The van der Waals surface area contributed by atoms with Crippen LogP contribution in [-0.4, -0.2) is 15.6 Å². The highest BCUT2D eigenvalue weighted by atomic mass is 16.1. The molecule has 4 heteroatoms. The number of nitrogens with zero attached hydrogens (tertiary/aromatic N) is 2. The van der Waals surface area contributed by atoms with Crippen molar-refractivity contribution in [1.82, 2.24) is 9.78 Å². The number of carbonyl (C=O) groups excluding carboxylic acids is 1. The van der Waals surface area contributed by atoms with Gasteiger partial charge in [0.15, 0.2) is 5.78 Å². The topological polar surface area (TPSA) is 60.9 Å². The molecule has 1 aromatic heterocycles. The Balaban J connectivity index is 1.97. The van der Waals surface area contributed by atoms with Crippen LogP contribution < -0.4 is 5.73 Å². The van der Waals surface area contributed by atoms with Gasteiger partial charge in [0.1, 0.15) is 5.82 Å². The third-order valence-corrected chi connectivity index (χ3v) is 3.30. The molecule has 0 aliphatic carbocycles. The van der Waals surface area contributed by atoms with Crippen LogP contribution in [0.2, 0.25) is 0 Å². The zero-order valence-electron chi connectivity index (χ0n) is 10.5. The van der Waals surface area contributed by atoms with Gasteiger partial charge in [-0.2, -0.15) is 5.10 Å². The van der Waals surface area contributed by atoms with Gasteiger partial charge in [-0.1, -0.05) is 30.3 Å². The molecule has 96 valence electrons. The number of benzene rings is 1. The quantitative estimate of drug-likeness (QED) is 0.836. The minimum atomic E-state index is 0.0915. The summed E-state index contributed by atoms with van der Waals surface area (Å²) in [7, 11) is 0. The molecule has 0 atom stereocenters. The van der Waals surface area contributed by atoms with E-state index in [1.54, 1.807) is 0 Å². The van der Waals surface area contributed by atoms with Crippen LogP contribution in [-0.2, 0) is 6.54 Å². The number of hydrogen-bond acceptors (Lipinski definition) is 3. The molecule has 0 fully saturated rings. The molecule has 0 bridgehead atoms. The number of aromatic nitrogens is 2. The van der Waals surface area contributed by atoms with Crippen molar-refractivity contribution in [1.29, 1.82) is 0 Å². The van der Waals surface area contributed by atoms with Crippen LogP contribution in [0, 0.1) is 0 Å². The Morgan fingerprint density at radius 1 is 1.26 bits per heavy atom. The molecule has 2 N–H and O–H groups in total. The summed E-state index contributed by atoms with van der Waals surface area (Å²) in [6.45, 7) is 0.800. The van der Waals surface area contributed by atoms with Gasteiger partial charge in [0.25, 0.3) is 0 Å². The van der Waals surface area contributed by atoms with Gasteiger partial charge in [0.2, 0.25) is 0 Å². The highest BCUT2D eigenvalue weighted by Crippen LogP contribution is 2.22. The van der Waals surface area contributed by atoms with Crippen molar-refractivity contribution in [3.05, 3.63) is 53.2 Å². The molecule has 2 aromatic rings. The molecule has 2 heterocycles. The van der Waals surface area contributed by atoms with Gasteiger partial charge in [-0.25, -0.2) is 0 Å². The number of rotatable bonds is 2. The maximum absolute atomic E-state index is 12.4. The van der Waals surface area contributed by atoms with E-state index in [0.717, 1.165) is 36.2 Å². The molecule has 3 rings (SSSR count). The maximum Gasteiger partial charge on any atom is 0.189 e. The monoisotopic (exact) mass is 253 g/mol. The molecule has 0 saturated heterocycles. The predicted molar refractivity (Wildman–Crippen MR) is 74.6 cm³/mol. The van der Waals surface area contributed by atoms with Gasteiger partial charge in [0.05, 0.1) is 5.69 Å². The maximum atomic E-state index is 12.4. The summed E-state index contributed by atoms with van der Waals surface area (Å²) < 4.78 is 1.86. The molecule has 0 unspecified atom stereocenters. The Morgan fingerprint density at radius 2 is 2.05 bits per heavy atom. The van der Waals surface area contributed by atoms with Gasteiger partial charge in [0, 0.05) is 23.7 Å². The second-order valence-electron chi connectivity index (χ2n) is 4.69. The first-order chi connectivity index (χ1) is 9.24. The Bertz CT molecular complexity index is 641. The number of Topliss-reactive ketones (excluding diaryl/α,β-unsaturated/α-hetero) is 1. The van der Waals surface area contributed by atoms with Gasteiger partial charge in [-0.3, -0.25) is 9.48 Å². The molecule has 1 aliphatic heterocycles. The zero-order valence-corrected chi connectivity index (χ0v) is 10.5. The average molecular weight is 253 g/mol. The summed E-state index contributed by atoms with van der Waals surface area (Å²) in [6.07, 6.45) is 3.58. The fraction of sp³-hybridized carbons (Fsp3) is 0.200. The predicted octanol–water partition coefficient (Wildman–Crippen LogP) is 2.53. The summed E-state index contributed by atoms with van der Waals surface area (Å²) in [4.78, 5) is 12.4. The minimum absolute atomic E-state index is 0.0915. The number of ketones is 1. The van der Waals surface area contributed by atoms with E-state index in [9.17, 15) is 4.79 Å². The molecule has 19 heavy (non-hydrogen) atoms. The van der Waals surface area contributed by atoms with E-state index in [1.807, 2.05) is 47.2 Å². The second-order valence-corrected chi connectivity index (χ2v) is 4.69. The van der Waals surface area contributed by atoms with Crippen LogP contribution in [0.25, 0.3) is 6.08 Å². The Kier molecular flexibility index (Phi) is 2.91. The van der Waals surface area contributed by atoms with Crippen molar-refractivity contribution < 1.29 is 4.79 Å². The highest BCUT2D eigenvalue weighted by Gasteiger charge is 2.16. The summed E-state index contributed by atoms with van der Waals surface area (Å²) in [5.74, 6) is 0.591.